The van der Waals surface area contributed by atoms with Gasteiger partial charge in [0.05, 0.1) is 25.5 Å². The molecule has 0 unspecified atom stereocenters. The zero-order valence-electron chi connectivity index (χ0n) is 15.7. The quantitative estimate of drug-likeness (QED) is 0.360. The predicted octanol–water partition coefficient (Wildman–Crippen LogP) is 4.74. The minimum Gasteiger partial charge on any atom is -0.465 e. The van der Waals surface area contributed by atoms with Gasteiger partial charge in [0.2, 0.25) is 0 Å². The van der Waals surface area contributed by atoms with Crippen LogP contribution in [0.25, 0.3) is 16.9 Å². The summed E-state index contributed by atoms with van der Waals surface area (Å²) in [6, 6.07) is 11.4. The Hall–Kier alpha value is -2.89. The van der Waals surface area contributed by atoms with Crippen molar-refractivity contribution in [2.75, 3.05) is 14.2 Å². The van der Waals surface area contributed by atoms with Gasteiger partial charge in [-0.2, -0.15) is 18.3 Å². The maximum Gasteiger partial charge on any atom is 0.416 e. The number of rotatable bonds is 4. The van der Waals surface area contributed by atoms with Gasteiger partial charge in [0.15, 0.2) is 5.69 Å². The van der Waals surface area contributed by atoms with E-state index in [1.807, 2.05) is 22.6 Å². The molecule has 0 saturated heterocycles. The van der Waals surface area contributed by atoms with Gasteiger partial charge in [0.1, 0.15) is 11.3 Å². The molecule has 10 heteroatoms. The molecule has 0 bridgehead atoms. The summed E-state index contributed by atoms with van der Waals surface area (Å²) in [7, 11) is 2.23. The summed E-state index contributed by atoms with van der Waals surface area (Å²) in [5.41, 5.74) is -1.13. The minimum absolute atomic E-state index is 0.0330. The van der Waals surface area contributed by atoms with Crippen LogP contribution in [0.15, 0.2) is 48.5 Å². The monoisotopic (exact) mass is 530 g/mol. The van der Waals surface area contributed by atoms with E-state index in [4.69, 9.17) is 9.47 Å². The second kappa shape index (κ2) is 8.46. The zero-order chi connectivity index (χ0) is 22.1. The summed E-state index contributed by atoms with van der Waals surface area (Å²) in [5.74, 6) is -1.82. The lowest BCUT2D eigenvalue weighted by Gasteiger charge is -2.10. The second-order valence-electron chi connectivity index (χ2n) is 6.00. The average molecular weight is 530 g/mol. The van der Waals surface area contributed by atoms with E-state index in [2.05, 4.69) is 5.10 Å². The first-order valence-corrected chi connectivity index (χ1v) is 9.49. The Labute approximate surface area is 182 Å². The van der Waals surface area contributed by atoms with Crippen LogP contribution in [-0.4, -0.2) is 35.9 Å². The van der Waals surface area contributed by atoms with Crippen LogP contribution < -0.4 is 0 Å². The number of aromatic nitrogens is 2. The van der Waals surface area contributed by atoms with Crippen molar-refractivity contribution in [1.82, 2.24) is 9.78 Å². The van der Waals surface area contributed by atoms with Gasteiger partial charge in [-0.25, -0.2) is 14.3 Å². The fourth-order valence-corrected chi connectivity index (χ4v) is 3.42. The van der Waals surface area contributed by atoms with Crippen molar-refractivity contribution in [3.05, 3.63) is 68.9 Å². The van der Waals surface area contributed by atoms with Crippen molar-refractivity contribution in [3.63, 3.8) is 0 Å². The van der Waals surface area contributed by atoms with Crippen LogP contribution in [0.5, 0.6) is 0 Å². The SMILES string of the molecule is COC(=O)c1c(-c2cc(C(F)(F)F)ccc2I)nn(-c2ccccc2)c1C(=O)OC. The van der Waals surface area contributed by atoms with Gasteiger partial charge in [-0.15, -0.1) is 0 Å². The first-order chi connectivity index (χ1) is 14.2. The number of methoxy groups -OCH3 is 2. The molecule has 3 rings (SSSR count). The van der Waals surface area contributed by atoms with Gasteiger partial charge in [-0.05, 0) is 52.9 Å². The maximum absolute atomic E-state index is 13.3. The Morgan fingerprint density at radius 2 is 1.63 bits per heavy atom. The van der Waals surface area contributed by atoms with Crippen LogP contribution in [-0.2, 0) is 15.7 Å². The Morgan fingerprint density at radius 1 is 1.00 bits per heavy atom. The average Bonchev–Trinajstić information content (AvgIpc) is 3.13. The second-order valence-corrected chi connectivity index (χ2v) is 7.16. The molecule has 0 aliphatic heterocycles. The summed E-state index contributed by atoms with van der Waals surface area (Å²) in [4.78, 5) is 25.1. The molecule has 0 fully saturated rings. The molecule has 0 atom stereocenters. The summed E-state index contributed by atoms with van der Waals surface area (Å²) in [6.45, 7) is 0. The molecule has 0 aliphatic carbocycles. The zero-order valence-corrected chi connectivity index (χ0v) is 17.8. The third-order valence-electron chi connectivity index (χ3n) is 4.20. The van der Waals surface area contributed by atoms with Crippen LogP contribution in [0.4, 0.5) is 13.2 Å². The first kappa shape index (κ1) is 21.8. The largest absolute Gasteiger partial charge is 0.465 e. The topological polar surface area (TPSA) is 70.4 Å². The number of hydrogen-bond donors (Lipinski definition) is 0. The molecule has 3 aromatic rings. The van der Waals surface area contributed by atoms with Crippen molar-refractivity contribution < 1.29 is 32.2 Å². The molecule has 156 valence electrons. The predicted molar refractivity (Wildman–Crippen MR) is 109 cm³/mol. The van der Waals surface area contributed by atoms with E-state index in [1.54, 1.807) is 30.3 Å². The highest BCUT2D eigenvalue weighted by atomic mass is 127. The highest BCUT2D eigenvalue weighted by Gasteiger charge is 2.35. The summed E-state index contributed by atoms with van der Waals surface area (Å²) in [5, 5.41) is 4.32. The standard InChI is InChI=1S/C20H14F3IN2O4/c1-29-18(27)15-16(13-10-11(20(21,22)23)8-9-14(13)24)25-26(17(15)19(28)30-2)12-6-4-3-5-7-12/h3-10H,1-2H3. The summed E-state index contributed by atoms with van der Waals surface area (Å²) in [6.07, 6.45) is -4.60. The van der Waals surface area contributed by atoms with Crippen molar-refractivity contribution in [3.8, 4) is 16.9 Å². The molecular formula is C20H14F3IN2O4. The van der Waals surface area contributed by atoms with Gasteiger partial charge < -0.3 is 9.47 Å². The molecule has 0 aliphatic rings. The number of ether oxygens (including phenoxy) is 2. The molecule has 0 saturated carbocycles. The molecule has 2 aromatic carbocycles. The van der Waals surface area contributed by atoms with Crippen LogP contribution in [0.2, 0.25) is 0 Å². The van der Waals surface area contributed by atoms with E-state index in [9.17, 15) is 22.8 Å². The first-order valence-electron chi connectivity index (χ1n) is 8.41. The Kier molecular flexibility index (Phi) is 6.15. The van der Waals surface area contributed by atoms with Crippen molar-refractivity contribution >= 4 is 34.5 Å². The smallest absolute Gasteiger partial charge is 0.416 e. The third-order valence-corrected chi connectivity index (χ3v) is 5.14. The highest BCUT2D eigenvalue weighted by Crippen LogP contribution is 2.37. The van der Waals surface area contributed by atoms with Gasteiger partial charge in [-0.3, -0.25) is 0 Å². The van der Waals surface area contributed by atoms with E-state index in [0.717, 1.165) is 31.0 Å². The van der Waals surface area contributed by atoms with E-state index in [1.165, 1.54) is 6.07 Å². The number of hydrogen-bond acceptors (Lipinski definition) is 5. The van der Waals surface area contributed by atoms with E-state index in [0.29, 0.717) is 9.26 Å². The van der Waals surface area contributed by atoms with Gasteiger partial charge in [-0.1, -0.05) is 18.2 Å². The number of nitrogens with zero attached hydrogens (tertiary/aromatic N) is 2. The lowest BCUT2D eigenvalue weighted by atomic mass is 10.0. The Bertz CT molecular complexity index is 1110. The van der Waals surface area contributed by atoms with Crippen molar-refractivity contribution in [2.24, 2.45) is 0 Å². The Morgan fingerprint density at radius 3 is 2.20 bits per heavy atom. The number of para-hydroxylation sites is 1. The molecule has 6 nitrogen and oxygen atoms in total. The molecule has 1 aromatic heterocycles. The fourth-order valence-electron chi connectivity index (χ4n) is 2.83. The van der Waals surface area contributed by atoms with Crippen molar-refractivity contribution in [2.45, 2.75) is 6.18 Å². The molecular weight excluding hydrogens is 516 g/mol. The van der Waals surface area contributed by atoms with E-state index < -0.39 is 23.7 Å². The van der Waals surface area contributed by atoms with Crippen LogP contribution in [0.1, 0.15) is 26.4 Å². The number of carbonyl (C=O) groups excluding carboxylic acids is 2. The van der Waals surface area contributed by atoms with Gasteiger partial charge in [0, 0.05) is 9.13 Å². The molecule has 0 N–H and O–H groups in total. The Balaban J connectivity index is 2.40. The van der Waals surface area contributed by atoms with E-state index >= 15 is 0 Å². The van der Waals surface area contributed by atoms with Gasteiger partial charge in [0.25, 0.3) is 0 Å². The molecule has 0 spiro atoms. The lowest BCUT2D eigenvalue weighted by Crippen LogP contribution is -2.15. The van der Waals surface area contributed by atoms with Crippen LogP contribution >= 0.6 is 22.6 Å². The maximum atomic E-state index is 13.3. The van der Waals surface area contributed by atoms with Gasteiger partial charge >= 0.3 is 18.1 Å². The molecule has 30 heavy (non-hydrogen) atoms. The number of carbonyl (C=O) groups is 2. The highest BCUT2D eigenvalue weighted by molar-refractivity contribution is 14.1. The number of esters is 2. The molecule has 1 heterocycles. The minimum atomic E-state index is -4.60. The summed E-state index contributed by atoms with van der Waals surface area (Å²) >= 11 is 1.84. The molecule has 0 amide bonds. The van der Waals surface area contributed by atoms with Crippen molar-refractivity contribution in [1.29, 1.82) is 0 Å². The van der Waals surface area contributed by atoms with Crippen LogP contribution in [0, 0.1) is 3.57 Å². The lowest BCUT2D eigenvalue weighted by molar-refractivity contribution is -0.137. The van der Waals surface area contributed by atoms with E-state index in [-0.39, 0.29) is 22.5 Å². The number of halogens is 4. The number of benzene rings is 2. The molecule has 0 radical (unpaired) electrons. The van der Waals surface area contributed by atoms with Crippen LogP contribution in [0.3, 0.4) is 0 Å². The normalized spacial score (nSPS) is 11.3. The third kappa shape index (κ3) is 4.04. The fraction of sp³-hybridized carbons (Fsp3) is 0.150. The number of alkyl halides is 3. The summed E-state index contributed by atoms with van der Waals surface area (Å²) < 4.78 is 51.0.